The first-order valence-corrected chi connectivity index (χ1v) is 7.23. The quantitative estimate of drug-likeness (QED) is 0.859. The predicted octanol–water partition coefficient (Wildman–Crippen LogP) is 2.22. The van der Waals surface area contributed by atoms with Gasteiger partial charge in [0.05, 0.1) is 12.0 Å². The van der Waals surface area contributed by atoms with E-state index in [0.717, 1.165) is 12.8 Å². The van der Waals surface area contributed by atoms with Crippen molar-refractivity contribution in [2.24, 2.45) is 5.41 Å². The molecule has 1 aliphatic rings. The van der Waals surface area contributed by atoms with Crippen molar-refractivity contribution in [1.29, 1.82) is 0 Å². The van der Waals surface area contributed by atoms with Crippen molar-refractivity contribution in [3.63, 3.8) is 0 Å². The highest BCUT2D eigenvalue weighted by Crippen LogP contribution is 2.45. The first-order valence-electron chi connectivity index (χ1n) is 6.35. The SMILES string of the molecule is Cc1ccsc1C(C)(C)CNC(=O)C1(CO)CC1. The van der Waals surface area contributed by atoms with Gasteiger partial charge < -0.3 is 10.4 Å². The summed E-state index contributed by atoms with van der Waals surface area (Å²) in [6.45, 7) is 6.98. The third kappa shape index (κ3) is 2.45. The predicted molar refractivity (Wildman–Crippen MR) is 73.8 cm³/mol. The summed E-state index contributed by atoms with van der Waals surface area (Å²) in [6, 6.07) is 2.11. The second-order valence-electron chi connectivity index (χ2n) is 5.94. The van der Waals surface area contributed by atoms with Crippen molar-refractivity contribution in [3.8, 4) is 0 Å². The van der Waals surface area contributed by atoms with Gasteiger partial charge in [0.25, 0.3) is 0 Å². The molecule has 0 atom stereocenters. The number of carbonyl (C=O) groups excluding carboxylic acids is 1. The molecule has 0 bridgehead atoms. The lowest BCUT2D eigenvalue weighted by Crippen LogP contribution is -2.41. The molecular weight excluding hydrogens is 246 g/mol. The maximum absolute atomic E-state index is 12.0. The average molecular weight is 267 g/mol. The molecule has 1 aromatic heterocycles. The van der Waals surface area contributed by atoms with E-state index in [1.54, 1.807) is 11.3 Å². The van der Waals surface area contributed by atoms with Gasteiger partial charge in [0.1, 0.15) is 0 Å². The molecule has 0 unspecified atom stereocenters. The van der Waals surface area contributed by atoms with Gasteiger partial charge in [-0.2, -0.15) is 0 Å². The lowest BCUT2D eigenvalue weighted by molar-refractivity contribution is -0.127. The molecule has 1 saturated carbocycles. The smallest absolute Gasteiger partial charge is 0.228 e. The first kappa shape index (κ1) is 13.6. The Morgan fingerprint density at radius 2 is 2.22 bits per heavy atom. The Morgan fingerprint density at radius 1 is 1.56 bits per heavy atom. The topological polar surface area (TPSA) is 49.3 Å². The monoisotopic (exact) mass is 267 g/mol. The third-order valence-electron chi connectivity index (χ3n) is 3.81. The van der Waals surface area contributed by atoms with E-state index >= 15 is 0 Å². The summed E-state index contributed by atoms with van der Waals surface area (Å²) in [5, 5.41) is 14.3. The molecule has 100 valence electrons. The van der Waals surface area contributed by atoms with Crippen molar-refractivity contribution in [2.45, 2.75) is 39.0 Å². The molecule has 0 saturated heterocycles. The summed E-state index contributed by atoms with van der Waals surface area (Å²) >= 11 is 1.74. The number of hydrogen-bond acceptors (Lipinski definition) is 3. The van der Waals surface area contributed by atoms with Gasteiger partial charge in [-0.25, -0.2) is 0 Å². The normalized spacial score (nSPS) is 17.6. The summed E-state index contributed by atoms with van der Waals surface area (Å²) in [4.78, 5) is 13.3. The molecule has 1 aromatic rings. The highest BCUT2D eigenvalue weighted by atomic mass is 32.1. The zero-order valence-electron chi connectivity index (χ0n) is 11.2. The summed E-state index contributed by atoms with van der Waals surface area (Å²) in [7, 11) is 0. The molecule has 0 radical (unpaired) electrons. The van der Waals surface area contributed by atoms with E-state index in [1.807, 2.05) is 0 Å². The minimum atomic E-state index is -0.472. The van der Waals surface area contributed by atoms with E-state index in [9.17, 15) is 9.90 Å². The fourth-order valence-electron chi connectivity index (χ4n) is 2.24. The van der Waals surface area contributed by atoms with Crippen LogP contribution >= 0.6 is 11.3 Å². The molecule has 0 aliphatic heterocycles. The molecular formula is C14H21NO2S. The van der Waals surface area contributed by atoms with Crippen molar-refractivity contribution in [1.82, 2.24) is 5.32 Å². The molecule has 0 aromatic carbocycles. The number of amides is 1. The zero-order chi connectivity index (χ0) is 13.4. The minimum Gasteiger partial charge on any atom is -0.395 e. The Morgan fingerprint density at radius 3 is 2.67 bits per heavy atom. The van der Waals surface area contributed by atoms with Crippen LogP contribution in [-0.4, -0.2) is 24.2 Å². The maximum atomic E-state index is 12.0. The van der Waals surface area contributed by atoms with Crippen LogP contribution in [0.2, 0.25) is 0 Å². The molecule has 2 N–H and O–H groups in total. The van der Waals surface area contributed by atoms with Gasteiger partial charge in [0.2, 0.25) is 5.91 Å². The number of aliphatic hydroxyl groups is 1. The molecule has 1 heterocycles. The number of aryl methyl sites for hydroxylation is 1. The van der Waals surface area contributed by atoms with Crippen LogP contribution in [0, 0.1) is 12.3 Å². The number of nitrogens with one attached hydrogen (secondary N) is 1. The fourth-order valence-corrected chi connectivity index (χ4v) is 3.30. The fraction of sp³-hybridized carbons (Fsp3) is 0.643. The van der Waals surface area contributed by atoms with Crippen LogP contribution in [0.5, 0.6) is 0 Å². The average Bonchev–Trinajstić information content (AvgIpc) is 3.02. The summed E-state index contributed by atoms with van der Waals surface area (Å²) < 4.78 is 0. The van der Waals surface area contributed by atoms with Gasteiger partial charge in [0.15, 0.2) is 0 Å². The summed E-state index contributed by atoms with van der Waals surface area (Å²) in [5.41, 5.74) is 0.752. The minimum absolute atomic E-state index is 0.00674. The third-order valence-corrected chi connectivity index (χ3v) is 5.19. The van der Waals surface area contributed by atoms with E-state index in [2.05, 4.69) is 37.5 Å². The molecule has 1 aliphatic carbocycles. The molecule has 4 heteroatoms. The van der Waals surface area contributed by atoms with Crippen LogP contribution in [0.3, 0.4) is 0 Å². The molecule has 0 spiro atoms. The van der Waals surface area contributed by atoms with Crippen LogP contribution in [0.25, 0.3) is 0 Å². The van der Waals surface area contributed by atoms with E-state index in [4.69, 9.17) is 0 Å². The van der Waals surface area contributed by atoms with E-state index in [0.29, 0.717) is 6.54 Å². The first-order chi connectivity index (χ1) is 8.41. The van der Waals surface area contributed by atoms with Crippen molar-refractivity contribution < 1.29 is 9.90 Å². The van der Waals surface area contributed by atoms with Gasteiger partial charge >= 0.3 is 0 Å². The van der Waals surface area contributed by atoms with Gasteiger partial charge in [-0.1, -0.05) is 13.8 Å². The van der Waals surface area contributed by atoms with Crippen molar-refractivity contribution in [3.05, 3.63) is 21.9 Å². The van der Waals surface area contributed by atoms with E-state index in [-0.39, 0.29) is 17.9 Å². The summed E-state index contributed by atoms with van der Waals surface area (Å²) in [6.07, 6.45) is 1.63. The Hall–Kier alpha value is -0.870. The van der Waals surface area contributed by atoms with Gasteiger partial charge in [0, 0.05) is 16.8 Å². The van der Waals surface area contributed by atoms with Gasteiger partial charge in [-0.05, 0) is 36.8 Å². The summed E-state index contributed by atoms with van der Waals surface area (Å²) in [5.74, 6) is 0.00674. The Labute approximate surface area is 112 Å². The molecule has 18 heavy (non-hydrogen) atoms. The van der Waals surface area contributed by atoms with Crippen LogP contribution < -0.4 is 5.32 Å². The van der Waals surface area contributed by atoms with E-state index < -0.39 is 5.41 Å². The Balaban J connectivity index is 1.98. The zero-order valence-corrected chi connectivity index (χ0v) is 12.1. The molecule has 1 fully saturated rings. The maximum Gasteiger partial charge on any atom is 0.228 e. The molecule has 3 nitrogen and oxygen atoms in total. The van der Waals surface area contributed by atoms with E-state index in [1.165, 1.54) is 10.4 Å². The van der Waals surface area contributed by atoms with Crippen LogP contribution in [0.1, 0.15) is 37.1 Å². The lowest BCUT2D eigenvalue weighted by atomic mass is 9.89. The lowest BCUT2D eigenvalue weighted by Gasteiger charge is -2.26. The van der Waals surface area contributed by atoms with Gasteiger partial charge in [-0.15, -0.1) is 11.3 Å². The second kappa shape index (κ2) is 4.67. The van der Waals surface area contributed by atoms with Gasteiger partial charge in [-0.3, -0.25) is 4.79 Å². The van der Waals surface area contributed by atoms with Crippen LogP contribution in [-0.2, 0) is 10.2 Å². The number of carbonyl (C=O) groups is 1. The molecule has 1 amide bonds. The highest BCUT2D eigenvalue weighted by Gasteiger charge is 2.49. The number of thiophene rings is 1. The Bertz CT molecular complexity index is 446. The molecule has 2 rings (SSSR count). The van der Waals surface area contributed by atoms with Crippen molar-refractivity contribution in [2.75, 3.05) is 13.2 Å². The Kier molecular flexibility index (Phi) is 3.52. The van der Waals surface area contributed by atoms with Crippen LogP contribution in [0.4, 0.5) is 0 Å². The highest BCUT2D eigenvalue weighted by molar-refractivity contribution is 7.10. The standard InChI is InChI=1S/C14H21NO2S/c1-10-4-7-18-11(10)13(2,3)8-15-12(17)14(9-16)5-6-14/h4,7,16H,5-6,8-9H2,1-3H3,(H,15,17). The number of hydrogen-bond donors (Lipinski definition) is 2. The van der Waals surface area contributed by atoms with Crippen LogP contribution in [0.15, 0.2) is 11.4 Å². The van der Waals surface area contributed by atoms with Crippen molar-refractivity contribution >= 4 is 17.2 Å². The largest absolute Gasteiger partial charge is 0.395 e. The number of rotatable bonds is 5. The second-order valence-corrected chi connectivity index (χ2v) is 6.85. The number of aliphatic hydroxyl groups excluding tert-OH is 1.